The summed E-state index contributed by atoms with van der Waals surface area (Å²) in [4.78, 5) is 13.5. The number of aryl methyl sites for hydroxylation is 1. The van der Waals surface area contributed by atoms with Crippen LogP contribution >= 0.6 is 0 Å². The third kappa shape index (κ3) is 4.27. The molecule has 0 spiro atoms. The summed E-state index contributed by atoms with van der Waals surface area (Å²) >= 11 is 0. The van der Waals surface area contributed by atoms with Crippen molar-refractivity contribution in [2.75, 3.05) is 62.3 Å². The molecular formula is C21H26N6O4S. The Morgan fingerprint density at radius 1 is 0.938 bits per heavy atom. The average molecular weight is 459 g/mol. The molecule has 0 bridgehead atoms. The molecule has 5 rings (SSSR count). The van der Waals surface area contributed by atoms with Crippen molar-refractivity contribution in [3.8, 4) is 0 Å². The highest BCUT2D eigenvalue weighted by molar-refractivity contribution is 7.88. The molecule has 0 unspecified atom stereocenters. The Kier molecular flexibility index (Phi) is 5.70. The van der Waals surface area contributed by atoms with Crippen LogP contribution < -0.4 is 9.80 Å². The number of hydrogen-bond donors (Lipinski definition) is 0. The van der Waals surface area contributed by atoms with Crippen LogP contribution in [0.4, 0.5) is 11.6 Å². The van der Waals surface area contributed by atoms with E-state index in [4.69, 9.17) is 9.26 Å². The van der Waals surface area contributed by atoms with Gasteiger partial charge in [0.1, 0.15) is 28.9 Å². The fourth-order valence-corrected chi connectivity index (χ4v) is 5.61. The van der Waals surface area contributed by atoms with Gasteiger partial charge in [-0.05, 0) is 19.1 Å². The first-order valence-corrected chi connectivity index (χ1v) is 12.3. The minimum atomic E-state index is -3.51. The Balaban J connectivity index is 1.27. The first-order valence-electron chi connectivity index (χ1n) is 10.7. The lowest BCUT2D eigenvalue weighted by atomic mass is 10.2. The van der Waals surface area contributed by atoms with Gasteiger partial charge in [-0.3, -0.25) is 0 Å². The van der Waals surface area contributed by atoms with Crippen LogP contribution in [0.25, 0.3) is 11.0 Å². The highest BCUT2D eigenvalue weighted by atomic mass is 32.2. The SMILES string of the molecule is Cc1nc(N2CCOCC2)cc(N2CCN(S(=O)(=O)Cc3noc4ccccc34)CC2)n1. The summed E-state index contributed by atoms with van der Waals surface area (Å²) in [5.41, 5.74) is 1.04. The van der Waals surface area contributed by atoms with Crippen LogP contribution in [0.15, 0.2) is 34.9 Å². The van der Waals surface area contributed by atoms with Gasteiger partial charge in [-0.1, -0.05) is 17.3 Å². The predicted octanol–water partition coefficient (Wildman–Crippen LogP) is 1.41. The molecule has 0 saturated carbocycles. The lowest BCUT2D eigenvalue weighted by Gasteiger charge is -2.35. The quantitative estimate of drug-likeness (QED) is 0.561. The van der Waals surface area contributed by atoms with Gasteiger partial charge < -0.3 is 19.1 Å². The standard InChI is InChI=1S/C21H26N6O4S/c1-16-22-20(14-21(23-16)26-10-12-30-13-11-26)25-6-8-27(9-7-25)32(28,29)15-18-17-4-2-3-5-19(17)31-24-18/h2-5,14H,6-13,15H2,1H3. The van der Waals surface area contributed by atoms with Gasteiger partial charge in [-0.25, -0.2) is 18.4 Å². The maximum absolute atomic E-state index is 13.0. The molecule has 0 N–H and O–H groups in total. The zero-order chi connectivity index (χ0) is 22.1. The zero-order valence-corrected chi connectivity index (χ0v) is 18.8. The number of anilines is 2. The van der Waals surface area contributed by atoms with Gasteiger partial charge in [-0.2, -0.15) is 4.31 Å². The van der Waals surface area contributed by atoms with Gasteiger partial charge >= 0.3 is 0 Å². The average Bonchev–Trinajstić information content (AvgIpc) is 3.21. The summed E-state index contributed by atoms with van der Waals surface area (Å²) in [6, 6.07) is 9.29. The van der Waals surface area contributed by atoms with Crippen LogP contribution in [-0.2, 0) is 20.5 Å². The maximum atomic E-state index is 13.0. The second-order valence-electron chi connectivity index (χ2n) is 8.00. The molecule has 0 radical (unpaired) electrons. The summed E-state index contributed by atoms with van der Waals surface area (Å²) in [6.07, 6.45) is 0. The Bertz CT molecular complexity index is 1200. The van der Waals surface area contributed by atoms with Crippen molar-refractivity contribution in [2.45, 2.75) is 12.7 Å². The number of ether oxygens (including phenoxy) is 1. The third-order valence-electron chi connectivity index (χ3n) is 5.87. The molecular weight excluding hydrogens is 432 g/mol. The minimum absolute atomic E-state index is 0.169. The van der Waals surface area contributed by atoms with Crippen LogP contribution in [0.2, 0.25) is 0 Å². The van der Waals surface area contributed by atoms with Gasteiger partial charge in [0, 0.05) is 50.7 Å². The highest BCUT2D eigenvalue weighted by Gasteiger charge is 2.29. The number of aromatic nitrogens is 3. The zero-order valence-electron chi connectivity index (χ0n) is 18.0. The molecule has 3 aromatic rings. The van der Waals surface area contributed by atoms with Gasteiger partial charge in [0.05, 0.1) is 13.2 Å². The largest absolute Gasteiger partial charge is 0.378 e. The number of hydrogen-bond acceptors (Lipinski definition) is 9. The van der Waals surface area contributed by atoms with Crippen LogP contribution in [0.5, 0.6) is 0 Å². The van der Waals surface area contributed by atoms with Gasteiger partial charge in [0.2, 0.25) is 10.0 Å². The van der Waals surface area contributed by atoms with Crippen LogP contribution in [0.3, 0.4) is 0 Å². The molecule has 32 heavy (non-hydrogen) atoms. The molecule has 2 saturated heterocycles. The molecule has 4 heterocycles. The number of morpholine rings is 1. The van der Waals surface area contributed by atoms with E-state index in [1.54, 1.807) is 6.07 Å². The van der Waals surface area contributed by atoms with Gasteiger partial charge in [-0.15, -0.1) is 0 Å². The molecule has 0 amide bonds. The third-order valence-corrected chi connectivity index (χ3v) is 7.66. The van der Waals surface area contributed by atoms with E-state index in [9.17, 15) is 8.42 Å². The van der Waals surface area contributed by atoms with Gasteiger partial charge in [0.25, 0.3) is 0 Å². The predicted molar refractivity (Wildman–Crippen MR) is 120 cm³/mol. The maximum Gasteiger partial charge on any atom is 0.220 e. The Hall–Kier alpha value is -2.76. The number of para-hydroxylation sites is 1. The fraction of sp³-hybridized carbons (Fsp3) is 0.476. The van der Waals surface area contributed by atoms with E-state index < -0.39 is 10.0 Å². The topological polar surface area (TPSA) is 105 Å². The molecule has 11 heteroatoms. The van der Waals surface area contributed by atoms with E-state index in [2.05, 4.69) is 24.9 Å². The van der Waals surface area contributed by atoms with E-state index >= 15 is 0 Å². The molecule has 170 valence electrons. The van der Waals surface area contributed by atoms with Crippen molar-refractivity contribution >= 4 is 32.6 Å². The van der Waals surface area contributed by atoms with E-state index in [1.165, 1.54) is 4.31 Å². The van der Waals surface area contributed by atoms with Crippen LogP contribution in [0.1, 0.15) is 11.5 Å². The highest BCUT2D eigenvalue weighted by Crippen LogP contribution is 2.24. The number of benzene rings is 1. The number of rotatable bonds is 5. The smallest absolute Gasteiger partial charge is 0.220 e. The van der Waals surface area contributed by atoms with Gasteiger partial charge in [0.15, 0.2) is 5.58 Å². The molecule has 10 nitrogen and oxygen atoms in total. The van der Waals surface area contributed by atoms with Crippen molar-refractivity contribution in [1.82, 2.24) is 19.4 Å². The molecule has 0 atom stereocenters. The lowest BCUT2D eigenvalue weighted by molar-refractivity contribution is 0.122. The Labute approximate surface area is 186 Å². The summed E-state index contributed by atoms with van der Waals surface area (Å²) in [5, 5.41) is 4.72. The normalized spacial score (nSPS) is 18.4. The molecule has 0 aliphatic carbocycles. The summed E-state index contributed by atoms with van der Waals surface area (Å²) in [7, 11) is -3.51. The number of nitrogens with zero attached hydrogens (tertiary/aromatic N) is 6. The minimum Gasteiger partial charge on any atom is -0.378 e. The van der Waals surface area contributed by atoms with Crippen molar-refractivity contribution in [3.05, 3.63) is 41.9 Å². The summed E-state index contributed by atoms with van der Waals surface area (Å²) in [5.74, 6) is 2.26. The van der Waals surface area contributed by atoms with Crippen LogP contribution in [0, 0.1) is 6.92 Å². The molecule has 2 aliphatic heterocycles. The van der Waals surface area contributed by atoms with Crippen LogP contribution in [-0.4, -0.2) is 80.3 Å². The number of piperazine rings is 1. The summed E-state index contributed by atoms with van der Waals surface area (Å²) < 4.78 is 38.3. The second kappa shape index (κ2) is 8.64. The van der Waals surface area contributed by atoms with Crippen molar-refractivity contribution in [3.63, 3.8) is 0 Å². The monoisotopic (exact) mass is 458 g/mol. The first-order chi connectivity index (χ1) is 15.5. The van der Waals surface area contributed by atoms with Crippen molar-refractivity contribution < 1.29 is 17.7 Å². The first kappa shape index (κ1) is 21.1. The second-order valence-corrected chi connectivity index (χ2v) is 9.97. The summed E-state index contributed by atoms with van der Waals surface area (Å²) in [6.45, 7) is 6.80. The Morgan fingerprint density at radius 3 is 2.31 bits per heavy atom. The molecule has 2 aromatic heterocycles. The van der Waals surface area contributed by atoms with Crippen molar-refractivity contribution in [1.29, 1.82) is 0 Å². The number of sulfonamides is 1. The lowest BCUT2D eigenvalue weighted by Crippen LogP contribution is -2.49. The molecule has 2 fully saturated rings. The van der Waals surface area contributed by atoms with E-state index in [0.29, 0.717) is 56.5 Å². The molecule has 2 aliphatic rings. The van der Waals surface area contributed by atoms with E-state index in [1.807, 2.05) is 31.2 Å². The van der Waals surface area contributed by atoms with Crippen molar-refractivity contribution in [2.24, 2.45) is 0 Å². The Morgan fingerprint density at radius 2 is 1.59 bits per heavy atom. The van der Waals surface area contributed by atoms with E-state index in [-0.39, 0.29) is 5.75 Å². The number of fused-ring (bicyclic) bond motifs is 1. The fourth-order valence-electron chi connectivity index (χ4n) is 4.15. The molecule has 1 aromatic carbocycles. The van der Waals surface area contributed by atoms with E-state index in [0.717, 1.165) is 30.1 Å².